The van der Waals surface area contributed by atoms with Crippen LogP contribution in [0.1, 0.15) is 48.8 Å². The summed E-state index contributed by atoms with van der Waals surface area (Å²) in [4.78, 5) is 14.5. The highest BCUT2D eigenvalue weighted by atomic mass is 32.2. The maximum absolute atomic E-state index is 12.9. The minimum absolute atomic E-state index is 0.0314. The summed E-state index contributed by atoms with van der Waals surface area (Å²) < 4.78 is 38.8. The number of halogens is 3. The zero-order chi connectivity index (χ0) is 23.7. The van der Waals surface area contributed by atoms with Gasteiger partial charge in [0.1, 0.15) is 0 Å². The first-order valence-electron chi connectivity index (χ1n) is 11.8. The van der Waals surface area contributed by atoms with Crippen LogP contribution in [-0.4, -0.2) is 18.1 Å². The summed E-state index contributed by atoms with van der Waals surface area (Å²) >= 11 is 1.47. The van der Waals surface area contributed by atoms with Gasteiger partial charge in [0, 0.05) is 21.9 Å². The molecule has 3 nitrogen and oxygen atoms in total. The molecule has 1 fully saturated rings. The predicted molar refractivity (Wildman–Crippen MR) is 129 cm³/mol. The molecule has 3 aromatic rings. The fourth-order valence-corrected chi connectivity index (χ4v) is 6.14. The van der Waals surface area contributed by atoms with Gasteiger partial charge in [-0.1, -0.05) is 55.3 Å². The lowest BCUT2D eigenvalue weighted by atomic mass is 9.85. The summed E-state index contributed by atoms with van der Waals surface area (Å²) in [6, 6.07) is 15.7. The van der Waals surface area contributed by atoms with Gasteiger partial charge in [-0.05, 0) is 77.9 Å². The highest BCUT2D eigenvalue weighted by molar-refractivity contribution is 7.99. The fourth-order valence-electron chi connectivity index (χ4n) is 5.17. The van der Waals surface area contributed by atoms with Gasteiger partial charge in [0.05, 0.1) is 5.56 Å². The largest absolute Gasteiger partial charge is 0.416 e. The molecule has 0 aliphatic heterocycles. The van der Waals surface area contributed by atoms with Crippen molar-refractivity contribution in [1.29, 1.82) is 0 Å². The van der Waals surface area contributed by atoms with Gasteiger partial charge < -0.3 is 10.6 Å². The Morgan fingerprint density at radius 3 is 2.32 bits per heavy atom. The van der Waals surface area contributed by atoms with Crippen molar-refractivity contribution in [3.63, 3.8) is 0 Å². The van der Waals surface area contributed by atoms with Crippen molar-refractivity contribution in [3.8, 4) is 0 Å². The molecule has 7 heteroatoms. The van der Waals surface area contributed by atoms with Gasteiger partial charge in [0.25, 0.3) is 0 Å². The third kappa shape index (κ3) is 5.04. The number of hydrogen-bond donors (Lipinski definition) is 2. The number of amides is 2. The summed E-state index contributed by atoms with van der Waals surface area (Å²) in [5.74, 6) is 0. The third-order valence-electron chi connectivity index (χ3n) is 6.80. The van der Waals surface area contributed by atoms with Crippen LogP contribution in [0.15, 0.2) is 64.4 Å². The Labute approximate surface area is 201 Å². The van der Waals surface area contributed by atoms with E-state index in [1.54, 1.807) is 0 Å². The molecule has 5 rings (SSSR count). The highest BCUT2D eigenvalue weighted by Crippen LogP contribution is 2.40. The zero-order valence-electron chi connectivity index (χ0n) is 18.8. The van der Waals surface area contributed by atoms with Crippen LogP contribution in [0.4, 0.5) is 18.0 Å². The average Bonchev–Trinajstić information content (AvgIpc) is 2.81. The van der Waals surface area contributed by atoms with Crippen molar-refractivity contribution in [3.05, 3.63) is 71.3 Å². The number of nitrogens with one attached hydrogen (secondary N) is 2. The normalized spacial score (nSPS) is 18.6. The Morgan fingerprint density at radius 1 is 0.853 bits per heavy atom. The number of benzene rings is 3. The van der Waals surface area contributed by atoms with Gasteiger partial charge in [-0.25, -0.2) is 4.79 Å². The van der Waals surface area contributed by atoms with Crippen molar-refractivity contribution in [2.45, 2.75) is 73.0 Å². The lowest BCUT2D eigenvalue weighted by Crippen LogP contribution is -2.48. The number of rotatable bonds is 4. The average molecular weight is 485 g/mol. The molecule has 0 bridgehead atoms. The number of carbonyl (C=O) groups is 1. The molecule has 2 aliphatic carbocycles. The molecule has 0 aromatic heterocycles. The van der Waals surface area contributed by atoms with Crippen LogP contribution in [0.3, 0.4) is 0 Å². The molecule has 1 saturated carbocycles. The van der Waals surface area contributed by atoms with Gasteiger partial charge >= 0.3 is 12.2 Å². The van der Waals surface area contributed by atoms with Crippen molar-refractivity contribution in [2.75, 3.05) is 0 Å². The number of alkyl halides is 3. The molecule has 178 valence electrons. The molecule has 34 heavy (non-hydrogen) atoms. The lowest BCUT2D eigenvalue weighted by molar-refractivity contribution is -0.137. The van der Waals surface area contributed by atoms with E-state index >= 15 is 0 Å². The van der Waals surface area contributed by atoms with E-state index in [1.807, 2.05) is 12.1 Å². The molecule has 1 unspecified atom stereocenters. The van der Waals surface area contributed by atoms with Gasteiger partial charge in [-0.3, -0.25) is 0 Å². The fraction of sp³-hybridized carbons (Fsp3) is 0.370. The number of urea groups is 1. The van der Waals surface area contributed by atoms with E-state index < -0.39 is 11.7 Å². The second-order valence-corrected chi connectivity index (χ2v) is 10.4. The second kappa shape index (κ2) is 9.53. The molecule has 0 heterocycles. The van der Waals surface area contributed by atoms with Gasteiger partial charge in [-0.15, -0.1) is 0 Å². The van der Waals surface area contributed by atoms with Gasteiger partial charge in [0.15, 0.2) is 0 Å². The summed E-state index contributed by atoms with van der Waals surface area (Å²) in [5.41, 5.74) is 1.69. The van der Waals surface area contributed by atoms with Crippen molar-refractivity contribution in [1.82, 2.24) is 10.6 Å². The van der Waals surface area contributed by atoms with E-state index in [0.29, 0.717) is 6.42 Å². The maximum atomic E-state index is 12.9. The van der Waals surface area contributed by atoms with Crippen LogP contribution in [0.5, 0.6) is 0 Å². The zero-order valence-corrected chi connectivity index (χ0v) is 19.6. The Hall–Kier alpha value is -2.67. The van der Waals surface area contributed by atoms with Crippen molar-refractivity contribution >= 4 is 28.6 Å². The number of carbonyl (C=O) groups excluding carboxylic acids is 1. The molecule has 2 aliphatic rings. The molecule has 2 amide bonds. The first-order chi connectivity index (χ1) is 16.4. The van der Waals surface area contributed by atoms with Crippen LogP contribution in [0.25, 0.3) is 10.8 Å². The minimum atomic E-state index is -4.34. The highest BCUT2D eigenvalue weighted by Gasteiger charge is 2.30. The summed E-state index contributed by atoms with van der Waals surface area (Å²) in [6.45, 7) is 0. The quantitative estimate of drug-likeness (QED) is 0.414. The van der Waals surface area contributed by atoms with E-state index in [0.717, 1.165) is 65.0 Å². The first-order valence-corrected chi connectivity index (χ1v) is 12.6. The molecule has 0 saturated heterocycles. The summed E-state index contributed by atoms with van der Waals surface area (Å²) in [7, 11) is 0. The summed E-state index contributed by atoms with van der Waals surface area (Å²) in [6.07, 6.45) is 2.74. The molecule has 0 radical (unpaired) electrons. The molecule has 0 spiro atoms. The topological polar surface area (TPSA) is 41.1 Å². The second-order valence-electron chi connectivity index (χ2n) is 9.24. The lowest BCUT2D eigenvalue weighted by Gasteiger charge is -2.29. The predicted octanol–water partition coefficient (Wildman–Crippen LogP) is 7.11. The maximum Gasteiger partial charge on any atom is 0.416 e. The van der Waals surface area contributed by atoms with Gasteiger partial charge in [0.2, 0.25) is 0 Å². The third-order valence-corrected chi connectivity index (χ3v) is 7.91. The van der Waals surface area contributed by atoms with Crippen LogP contribution in [0, 0.1) is 0 Å². The van der Waals surface area contributed by atoms with E-state index in [2.05, 4.69) is 28.8 Å². The van der Waals surface area contributed by atoms with Crippen LogP contribution in [0.2, 0.25) is 0 Å². The molecular formula is C27H27F3N2OS. The van der Waals surface area contributed by atoms with Crippen molar-refractivity contribution < 1.29 is 18.0 Å². The van der Waals surface area contributed by atoms with E-state index in [9.17, 15) is 18.0 Å². The van der Waals surface area contributed by atoms with Crippen LogP contribution in [-0.2, 0) is 19.0 Å². The smallest absolute Gasteiger partial charge is 0.335 e. The molecule has 1 atom stereocenters. The molecule has 2 N–H and O–H groups in total. The monoisotopic (exact) mass is 484 g/mol. The molecular weight excluding hydrogens is 457 g/mol. The van der Waals surface area contributed by atoms with Crippen molar-refractivity contribution in [2.24, 2.45) is 0 Å². The standard InChI is InChI=1S/C27H27F3N2OS/c28-27(29,30)19-10-12-22(13-11-19)34-24-14-9-17-5-4-6-18-15-21(16-23(24)25(17)18)32-26(33)31-20-7-2-1-3-8-20/h4-6,9-14,20-21H,1-3,7-8,15-16H2,(H2,31,32,33). The van der Waals surface area contributed by atoms with Crippen LogP contribution >= 0.6 is 11.8 Å². The Kier molecular flexibility index (Phi) is 6.47. The number of hydrogen-bond acceptors (Lipinski definition) is 2. The van der Waals surface area contributed by atoms with E-state index in [-0.39, 0.29) is 18.1 Å². The molecule has 3 aromatic carbocycles. The summed E-state index contributed by atoms with van der Waals surface area (Å²) in [5, 5.41) is 8.67. The van der Waals surface area contributed by atoms with Gasteiger partial charge in [-0.2, -0.15) is 13.2 Å². The minimum Gasteiger partial charge on any atom is -0.335 e. The van der Waals surface area contributed by atoms with E-state index in [1.165, 1.54) is 41.3 Å². The van der Waals surface area contributed by atoms with Crippen LogP contribution < -0.4 is 10.6 Å². The Bertz CT molecular complexity index is 1190. The van der Waals surface area contributed by atoms with E-state index in [4.69, 9.17) is 0 Å². The SMILES string of the molecule is O=C(NC1CCCCC1)NC1Cc2cccc3ccc(Sc4ccc(C(F)(F)F)cc4)c(c23)C1. The first kappa shape index (κ1) is 23.1. The Balaban J connectivity index is 1.37. The Morgan fingerprint density at radius 2 is 1.59 bits per heavy atom.